The summed E-state index contributed by atoms with van der Waals surface area (Å²) in [6, 6.07) is -0.540. The van der Waals surface area contributed by atoms with E-state index in [0.717, 1.165) is 51.4 Å². The van der Waals surface area contributed by atoms with Crippen molar-refractivity contribution in [1.29, 1.82) is 0 Å². The molecule has 0 fully saturated rings. The Labute approximate surface area is 417 Å². The number of esters is 1. The lowest BCUT2D eigenvalue weighted by atomic mass is 10.0. The van der Waals surface area contributed by atoms with Crippen LogP contribution < -0.4 is 5.32 Å². The molecule has 0 aliphatic carbocycles. The molecule has 6 heteroatoms. The van der Waals surface area contributed by atoms with Gasteiger partial charge in [-0.1, -0.05) is 262 Å². The summed E-state index contributed by atoms with van der Waals surface area (Å²) >= 11 is 0. The summed E-state index contributed by atoms with van der Waals surface area (Å²) in [4.78, 5) is 24.4. The Hall–Kier alpha value is -1.92. The highest BCUT2D eigenvalue weighted by Crippen LogP contribution is 2.17. The van der Waals surface area contributed by atoms with Gasteiger partial charge in [-0.05, 0) is 77.0 Å². The van der Waals surface area contributed by atoms with E-state index < -0.39 is 12.1 Å². The molecule has 0 saturated heterocycles. The summed E-state index contributed by atoms with van der Waals surface area (Å²) in [5, 5.41) is 23.1. The molecule has 0 aromatic carbocycles. The molecule has 0 spiro atoms. The van der Waals surface area contributed by atoms with Crippen LogP contribution in [0.3, 0.4) is 0 Å². The molecule has 0 rings (SSSR count). The van der Waals surface area contributed by atoms with Crippen molar-refractivity contribution >= 4 is 11.9 Å². The Kier molecular flexibility index (Phi) is 55.0. The second kappa shape index (κ2) is 56.7. The Morgan fingerprint density at radius 2 is 0.761 bits per heavy atom. The van der Waals surface area contributed by atoms with E-state index in [9.17, 15) is 19.8 Å². The predicted octanol–water partition coefficient (Wildman–Crippen LogP) is 18.4. The van der Waals surface area contributed by atoms with Crippen LogP contribution in [-0.2, 0) is 14.3 Å². The minimum atomic E-state index is -0.662. The fraction of sp³-hybridized carbons (Fsp3) is 0.869. The van der Waals surface area contributed by atoms with E-state index in [-0.39, 0.29) is 18.5 Å². The van der Waals surface area contributed by atoms with Crippen LogP contribution in [0.1, 0.15) is 316 Å². The quantitative estimate of drug-likeness (QED) is 0.0321. The fourth-order valence-electron chi connectivity index (χ4n) is 9.06. The first-order valence-electron chi connectivity index (χ1n) is 29.7. The van der Waals surface area contributed by atoms with Crippen LogP contribution in [0.2, 0.25) is 0 Å². The maximum Gasteiger partial charge on any atom is 0.305 e. The molecular formula is C61H115NO5. The Morgan fingerprint density at radius 3 is 1.19 bits per heavy atom. The summed E-state index contributed by atoms with van der Waals surface area (Å²) in [5.41, 5.74) is 0. The number of aliphatic hydroxyl groups excluding tert-OH is 2. The molecule has 0 aromatic heterocycles. The molecule has 0 radical (unpaired) electrons. The Bertz CT molecular complexity index is 1090. The number of carbonyl (C=O) groups is 2. The lowest BCUT2D eigenvalue weighted by Crippen LogP contribution is -2.45. The first kappa shape index (κ1) is 65.1. The number of allylic oxidation sites excluding steroid dienone is 6. The van der Waals surface area contributed by atoms with E-state index in [0.29, 0.717) is 25.9 Å². The van der Waals surface area contributed by atoms with Gasteiger partial charge >= 0.3 is 5.97 Å². The maximum absolute atomic E-state index is 12.4. The van der Waals surface area contributed by atoms with Gasteiger partial charge in [-0.3, -0.25) is 9.59 Å². The minimum Gasteiger partial charge on any atom is -0.466 e. The summed E-state index contributed by atoms with van der Waals surface area (Å²) < 4.78 is 5.47. The number of aliphatic hydroxyl groups is 2. The highest BCUT2D eigenvalue weighted by atomic mass is 16.5. The summed E-state index contributed by atoms with van der Waals surface area (Å²) in [7, 11) is 0. The van der Waals surface area contributed by atoms with Crippen molar-refractivity contribution in [2.75, 3.05) is 13.2 Å². The predicted molar refractivity (Wildman–Crippen MR) is 292 cm³/mol. The molecule has 0 saturated carbocycles. The highest BCUT2D eigenvalue weighted by Gasteiger charge is 2.20. The lowest BCUT2D eigenvalue weighted by molar-refractivity contribution is -0.143. The first-order chi connectivity index (χ1) is 33.0. The zero-order valence-electron chi connectivity index (χ0n) is 44.9. The molecular weight excluding hydrogens is 827 g/mol. The lowest BCUT2D eigenvalue weighted by Gasteiger charge is -2.22. The third-order valence-corrected chi connectivity index (χ3v) is 13.7. The molecule has 0 aliphatic heterocycles. The van der Waals surface area contributed by atoms with Crippen molar-refractivity contribution in [2.45, 2.75) is 328 Å². The number of hydrogen-bond donors (Lipinski definition) is 3. The van der Waals surface area contributed by atoms with E-state index in [4.69, 9.17) is 4.74 Å². The maximum atomic E-state index is 12.4. The number of unbranched alkanes of at least 4 members (excludes halogenated alkanes) is 38. The monoisotopic (exact) mass is 942 g/mol. The number of hydrogen-bond acceptors (Lipinski definition) is 5. The molecule has 0 bridgehead atoms. The third-order valence-electron chi connectivity index (χ3n) is 13.7. The van der Waals surface area contributed by atoms with E-state index in [2.05, 4.69) is 55.6 Å². The van der Waals surface area contributed by atoms with Crippen LogP contribution in [0.5, 0.6) is 0 Å². The van der Waals surface area contributed by atoms with E-state index in [1.807, 2.05) is 0 Å². The largest absolute Gasteiger partial charge is 0.466 e. The van der Waals surface area contributed by atoms with Crippen molar-refractivity contribution in [3.63, 3.8) is 0 Å². The van der Waals surface area contributed by atoms with Crippen LogP contribution in [0.15, 0.2) is 36.5 Å². The SMILES string of the molecule is CCCC/C=C\C/C=C\CCCCCCCC(=O)OCCCCCCCCCCCCCC/C=C\CCCCCCCCCCCCCC(=O)NC(CO)C(O)CCCCCCCCCCC. The summed E-state index contributed by atoms with van der Waals surface area (Å²) in [6.45, 7) is 4.89. The molecule has 6 nitrogen and oxygen atoms in total. The van der Waals surface area contributed by atoms with Gasteiger partial charge in [0.25, 0.3) is 0 Å². The number of rotatable bonds is 55. The summed E-state index contributed by atoms with van der Waals surface area (Å²) in [6.07, 6.45) is 70.2. The van der Waals surface area contributed by atoms with Gasteiger partial charge in [-0.2, -0.15) is 0 Å². The number of amides is 1. The van der Waals surface area contributed by atoms with Crippen molar-refractivity contribution in [1.82, 2.24) is 5.32 Å². The van der Waals surface area contributed by atoms with Crippen LogP contribution in [0, 0.1) is 0 Å². The molecule has 0 aromatic rings. The van der Waals surface area contributed by atoms with Crippen molar-refractivity contribution in [3.05, 3.63) is 36.5 Å². The Balaban J connectivity index is 3.36. The zero-order chi connectivity index (χ0) is 48.6. The molecule has 3 N–H and O–H groups in total. The van der Waals surface area contributed by atoms with Crippen molar-refractivity contribution in [2.24, 2.45) is 0 Å². The van der Waals surface area contributed by atoms with Crippen molar-refractivity contribution in [3.8, 4) is 0 Å². The third kappa shape index (κ3) is 53.3. The molecule has 0 aliphatic rings. The van der Waals surface area contributed by atoms with Gasteiger partial charge in [0.2, 0.25) is 5.91 Å². The smallest absolute Gasteiger partial charge is 0.305 e. The van der Waals surface area contributed by atoms with E-state index in [1.54, 1.807) is 0 Å². The number of nitrogens with one attached hydrogen (secondary N) is 1. The van der Waals surface area contributed by atoms with Gasteiger partial charge in [0, 0.05) is 12.8 Å². The summed E-state index contributed by atoms with van der Waals surface area (Å²) in [5.74, 6) is -0.0380. The molecule has 2 atom stereocenters. The van der Waals surface area contributed by atoms with Crippen molar-refractivity contribution < 1.29 is 24.5 Å². The minimum absolute atomic E-state index is 0.000113. The van der Waals surface area contributed by atoms with E-state index in [1.165, 1.54) is 231 Å². The number of ether oxygens (including phenoxy) is 1. The zero-order valence-corrected chi connectivity index (χ0v) is 44.9. The van der Waals surface area contributed by atoms with Gasteiger partial charge < -0.3 is 20.3 Å². The molecule has 0 heterocycles. The Morgan fingerprint density at radius 1 is 0.418 bits per heavy atom. The average Bonchev–Trinajstić information content (AvgIpc) is 3.33. The standard InChI is InChI=1S/C61H115NO5/c1-3-5-7-9-11-13-14-15-32-35-39-43-47-51-55-61(66)67-56-52-48-44-40-36-33-30-28-26-24-22-20-18-16-17-19-21-23-25-27-29-31-34-38-42-46-50-54-60(65)62-58(57-63)59(64)53-49-45-41-37-12-10-8-6-4-2/h9,11,14-17,58-59,63-64H,3-8,10,12-13,18-57H2,1-2H3,(H,62,65)/b11-9-,15-14-,17-16-. The second-order valence-corrected chi connectivity index (χ2v) is 20.3. The highest BCUT2D eigenvalue weighted by molar-refractivity contribution is 5.76. The normalized spacial score (nSPS) is 12.8. The molecule has 1 amide bonds. The van der Waals surface area contributed by atoms with Crippen LogP contribution >= 0.6 is 0 Å². The first-order valence-corrected chi connectivity index (χ1v) is 29.7. The van der Waals surface area contributed by atoms with Gasteiger partial charge in [0.1, 0.15) is 0 Å². The topological polar surface area (TPSA) is 95.9 Å². The van der Waals surface area contributed by atoms with E-state index >= 15 is 0 Å². The number of carbonyl (C=O) groups excluding carboxylic acids is 2. The second-order valence-electron chi connectivity index (χ2n) is 20.3. The van der Waals surface area contributed by atoms with Gasteiger partial charge in [0.05, 0.1) is 25.4 Å². The average molecular weight is 943 g/mol. The van der Waals surface area contributed by atoms with Gasteiger partial charge in [-0.25, -0.2) is 0 Å². The molecule has 2 unspecified atom stereocenters. The fourth-order valence-corrected chi connectivity index (χ4v) is 9.06. The van der Waals surface area contributed by atoms with Crippen LogP contribution in [0.25, 0.3) is 0 Å². The van der Waals surface area contributed by atoms with Gasteiger partial charge in [-0.15, -0.1) is 0 Å². The molecule has 394 valence electrons. The van der Waals surface area contributed by atoms with Crippen LogP contribution in [-0.4, -0.2) is 47.4 Å². The van der Waals surface area contributed by atoms with Crippen LogP contribution in [0.4, 0.5) is 0 Å². The van der Waals surface area contributed by atoms with Gasteiger partial charge in [0.15, 0.2) is 0 Å². The molecule has 67 heavy (non-hydrogen) atoms.